The molecule has 166 valence electrons. The topological polar surface area (TPSA) is 113 Å². The maximum Gasteiger partial charge on any atom is 0.251 e. The van der Waals surface area contributed by atoms with Crippen LogP contribution in [0.4, 0.5) is 0 Å². The van der Waals surface area contributed by atoms with Crippen LogP contribution in [0.5, 0.6) is 0 Å². The van der Waals surface area contributed by atoms with E-state index in [0.717, 1.165) is 32.4 Å². The van der Waals surface area contributed by atoms with Gasteiger partial charge in [-0.2, -0.15) is 0 Å². The average molecular weight is 427 g/mol. The molecule has 8 nitrogen and oxygen atoms in total. The van der Waals surface area contributed by atoms with E-state index < -0.39 is 5.91 Å². The number of primary amides is 1. The first-order chi connectivity index (χ1) is 14.8. The number of carbonyl (C=O) groups is 4. The molecule has 0 aromatic heterocycles. The van der Waals surface area contributed by atoms with Crippen LogP contribution in [0.15, 0.2) is 24.3 Å². The lowest BCUT2D eigenvalue weighted by atomic mass is 9.65. The lowest BCUT2D eigenvalue weighted by Gasteiger charge is -2.45. The largest absolute Gasteiger partial charge is 0.366 e. The molecule has 8 heteroatoms. The number of nitrogens with one attached hydrogen (secondary N) is 1. The minimum absolute atomic E-state index is 0.0719. The van der Waals surface area contributed by atoms with Gasteiger partial charge in [0.05, 0.1) is 5.92 Å². The van der Waals surface area contributed by atoms with Gasteiger partial charge in [0.1, 0.15) is 0 Å². The highest BCUT2D eigenvalue weighted by atomic mass is 16.2. The molecule has 3 aliphatic rings. The zero-order valence-electron chi connectivity index (χ0n) is 17.9. The summed E-state index contributed by atoms with van der Waals surface area (Å²) < 4.78 is 0. The number of nitrogens with zero attached hydrogens (tertiary/aromatic N) is 2. The number of rotatable bonds is 5. The smallest absolute Gasteiger partial charge is 0.251 e. The molecule has 0 radical (unpaired) electrons. The molecule has 1 unspecified atom stereocenters. The molecule has 1 aromatic carbocycles. The van der Waals surface area contributed by atoms with E-state index in [-0.39, 0.29) is 35.1 Å². The van der Waals surface area contributed by atoms with E-state index in [1.165, 1.54) is 6.07 Å². The number of benzene rings is 1. The summed E-state index contributed by atoms with van der Waals surface area (Å²) in [5, 5.41) is 3.04. The Labute approximate surface area is 182 Å². The van der Waals surface area contributed by atoms with Crippen LogP contribution in [-0.2, 0) is 9.59 Å². The van der Waals surface area contributed by atoms with Crippen LogP contribution in [-0.4, -0.2) is 65.6 Å². The Hall–Kier alpha value is -2.90. The summed E-state index contributed by atoms with van der Waals surface area (Å²) in [4.78, 5) is 52.5. The van der Waals surface area contributed by atoms with Crippen molar-refractivity contribution in [2.45, 2.75) is 45.1 Å². The fourth-order valence-electron chi connectivity index (χ4n) is 5.31. The maximum atomic E-state index is 13.0. The van der Waals surface area contributed by atoms with Crippen molar-refractivity contribution in [3.8, 4) is 0 Å². The van der Waals surface area contributed by atoms with Gasteiger partial charge in [0, 0.05) is 49.8 Å². The van der Waals surface area contributed by atoms with Gasteiger partial charge >= 0.3 is 0 Å². The maximum absolute atomic E-state index is 13.0. The Morgan fingerprint density at radius 3 is 2.68 bits per heavy atom. The van der Waals surface area contributed by atoms with E-state index >= 15 is 0 Å². The summed E-state index contributed by atoms with van der Waals surface area (Å²) in [5.41, 5.74) is 6.11. The van der Waals surface area contributed by atoms with Crippen LogP contribution >= 0.6 is 0 Å². The molecule has 1 spiro atoms. The van der Waals surface area contributed by atoms with E-state index in [2.05, 4.69) is 5.32 Å². The number of hydrogen-bond acceptors (Lipinski definition) is 4. The first-order valence-corrected chi connectivity index (χ1v) is 11.1. The fourth-order valence-corrected chi connectivity index (χ4v) is 5.31. The lowest BCUT2D eigenvalue weighted by molar-refractivity contribution is -0.142. The van der Waals surface area contributed by atoms with Gasteiger partial charge in [0.2, 0.25) is 17.7 Å². The highest BCUT2D eigenvalue weighted by Crippen LogP contribution is 2.48. The normalized spacial score (nSPS) is 27.8. The third kappa shape index (κ3) is 4.29. The highest BCUT2D eigenvalue weighted by molar-refractivity contribution is 5.99. The van der Waals surface area contributed by atoms with E-state index in [1.54, 1.807) is 23.1 Å². The van der Waals surface area contributed by atoms with Crippen molar-refractivity contribution >= 4 is 23.6 Å². The van der Waals surface area contributed by atoms with Crippen molar-refractivity contribution in [2.24, 2.45) is 17.1 Å². The summed E-state index contributed by atoms with van der Waals surface area (Å²) in [7, 11) is 0. The van der Waals surface area contributed by atoms with Crippen LogP contribution in [0.3, 0.4) is 0 Å². The van der Waals surface area contributed by atoms with Gasteiger partial charge in [-0.15, -0.1) is 0 Å². The Kier molecular flexibility index (Phi) is 5.73. The van der Waals surface area contributed by atoms with Crippen LogP contribution in [0.2, 0.25) is 0 Å². The number of amides is 4. The van der Waals surface area contributed by atoms with Gasteiger partial charge in [-0.3, -0.25) is 19.2 Å². The summed E-state index contributed by atoms with van der Waals surface area (Å²) in [6.45, 7) is 4.60. The number of carbonyl (C=O) groups excluding carboxylic acids is 4. The van der Waals surface area contributed by atoms with E-state index in [1.807, 2.05) is 11.8 Å². The van der Waals surface area contributed by atoms with Gasteiger partial charge in [-0.25, -0.2) is 0 Å². The number of piperidine rings is 1. The minimum Gasteiger partial charge on any atom is -0.366 e. The van der Waals surface area contributed by atoms with Crippen LogP contribution in [0.1, 0.15) is 59.7 Å². The second-order valence-electron chi connectivity index (χ2n) is 9.20. The molecule has 31 heavy (non-hydrogen) atoms. The van der Waals surface area contributed by atoms with Crippen molar-refractivity contribution in [3.63, 3.8) is 0 Å². The van der Waals surface area contributed by atoms with E-state index in [0.29, 0.717) is 37.1 Å². The van der Waals surface area contributed by atoms with Gasteiger partial charge < -0.3 is 20.9 Å². The number of likely N-dealkylation sites (tertiary alicyclic amines) is 2. The molecule has 3 N–H and O–H groups in total. The number of hydrogen-bond donors (Lipinski definition) is 2. The van der Waals surface area contributed by atoms with Crippen LogP contribution in [0.25, 0.3) is 0 Å². The van der Waals surface area contributed by atoms with Crippen molar-refractivity contribution in [1.29, 1.82) is 0 Å². The molecule has 1 atom stereocenters. The monoisotopic (exact) mass is 426 g/mol. The van der Waals surface area contributed by atoms with Gasteiger partial charge in [0.25, 0.3) is 5.91 Å². The molecule has 2 heterocycles. The Morgan fingerprint density at radius 2 is 1.97 bits per heavy atom. The molecule has 3 fully saturated rings. The van der Waals surface area contributed by atoms with Crippen LogP contribution in [0, 0.1) is 11.3 Å². The fraction of sp³-hybridized carbons (Fsp3) is 0.565. The Morgan fingerprint density at radius 1 is 1.23 bits per heavy atom. The summed E-state index contributed by atoms with van der Waals surface area (Å²) >= 11 is 0. The third-order valence-electron chi connectivity index (χ3n) is 7.08. The zero-order valence-corrected chi connectivity index (χ0v) is 17.9. The minimum atomic E-state index is -0.558. The van der Waals surface area contributed by atoms with Crippen molar-refractivity contribution in [2.75, 3.05) is 26.2 Å². The molecular weight excluding hydrogens is 396 g/mol. The first-order valence-electron chi connectivity index (χ1n) is 11.1. The predicted molar refractivity (Wildman–Crippen MR) is 114 cm³/mol. The van der Waals surface area contributed by atoms with Crippen LogP contribution < -0.4 is 11.1 Å². The molecule has 4 rings (SSSR count). The van der Waals surface area contributed by atoms with E-state index in [9.17, 15) is 19.2 Å². The van der Waals surface area contributed by atoms with Gasteiger partial charge in [-0.05, 0) is 56.2 Å². The summed E-state index contributed by atoms with van der Waals surface area (Å²) in [6.07, 6.45) is 3.74. The molecule has 1 aliphatic carbocycles. The Bertz CT molecular complexity index is 909. The van der Waals surface area contributed by atoms with Gasteiger partial charge in [0.15, 0.2) is 0 Å². The quantitative estimate of drug-likeness (QED) is 0.735. The predicted octanol–water partition coefficient (Wildman–Crippen LogP) is 1.15. The molecule has 0 bridgehead atoms. The SMILES string of the molecule is CCN1CC(C(=O)N2CCC3(CC(NC(=O)c4cccc(C(N)=O)c4)C3)C2)CCC1=O. The third-order valence-corrected chi connectivity index (χ3v) is 7.08. The number of nitrogens with two attached hydrogens (primary N) is 1. The van der Waals surface area contributed by atoms with Crippen molar-refractivity contribution in [3.05, 3.63) is 35.4 Å². The highest BCUT2D eigenvalue weighted by Gasteiger charge is 2.50. The first kappa shape index (κ1) is 21.3. The average Bonchev–Trinajstić information content (AvgIpc) is 3.19. The molecule has 2 saturated heterocycles. The standard InChI is InChI=1S/C23H30N4O4/c1-2-26-13-17(6-7-19(26)28)22(31)27-9-8-23(14-27)11-18(12-23)25-21(30)16-5-3-4-15(10-16)20(24)29/h3-5,10,17-18H,2,6-9,11-14H2,1H3,(H2,24,29)(H,25,30). The molecule has 1 saturated carbocycles. The Balaban J connectivity index is 1.28. The van der Waals surface area contributed by atoms with Crippen molar-refractivity contribution in [1.82, 2.24) is 15.1 Å². The zero-order chi connectivity index (χ0) is 22.2. The summed E-state index contributed by atoms with van der Waals surface area (Å²) in [5.74, 6) is -0.555. The molecule has 2 aliphatic heterocycles. The lowest BCUT2D eigenvalue weighted by Crippen LogP contribution is -2.53. The second-order valence-corrected chi connectivity index (χ2v) is 9.20. The van der Waals surface area contributed by atoms with E-state index in [4.69, 9.17) is 5.73 Å². The molecule has 4 amide bonds. The molecule has 1 aromatic rings. The second kappa shape index (κ2) is 8.32. The molecular formula is C23H30N4O4. The van der Waals surface area contributed by atoms with Gasteiger partial charge in [-0.1, -0.05) is 6.07 Å². The summed E-state index contributed by atoms with van der Waals surface area (Å²) in [6, 6.07) is 6.49. The van der Waals surface area contributed by atoms with Crippen molar-refractivity contribution < 1.29 is 19.2 Å².